The average molecular weight is 248 g/mol. The summed E-state index contributed by atoms with van der Waals surface area (Å²) in [7, 11) is 1.82. The van der Waals surface area contributed by atoms with Gasteiger partial charge in [-0.25, -0.2) is 4.79 Å². The second-order valence-corrected chi connectivity index (χ2v) is 4.43. The molecule has 3 N–H and O–H groups in total. The zero-order valence-corrected chi connectivity index (χ0v) is 10.6. The lowest BCUT2D eigenvalue weighted by atomic mass is 10.2. The van der Waals surface area contributed by atoms with E-state index >= 15 is 0 Å². The van der Waals surface area contributed by atoms with Crippen LogP contribution in [0.1, 0.15) is 19.3 Å². The predicted molar refractivity (Wildman–Crippen MR) is 65.7 cm³/mol. The second kappa shape index (κ2) is 9.47. The first-order chi connectivity index (χ1) is 7.61. The number of hydrogen-bond acceptors (Lipinski definition) is 4. The van der Waals surface area contributed by atoms with Crippen molar-refractivity contribution >= 4 is 23.6 Å². The van der Waals surface area contributed by atoms with E-state index in [1.807, 2.05) is 13.3 Å². The van der Waals surface area contributed by atoms with Gasteiger partial charge in [0.15, 0.2) is 0 Å². The fraction of sp³-hybridized carbons (Fsp3) is 0.800. The summed E-state index contributed by atoms with van der Waals surface area (Å²) in [6.07, 6.45) is 3.46. The Balaban J connectivity index is 3.88. The Morgan fingerprint density at radius 2 is 2.12 bits per heavy atom. The Bertz CT molecular complexity index is 224. The van der Waals surface area contributed by atoms with Gasteiger partial charge in [0, 0.05) is 6.42 Å². The number of carboxylic acids is 1. The Hall–Kier alpha value is -0.750. The van der Waals surface area contributed by atoms with Crippen molar-refractivity contribution in [1.29, 1.82) is 0 Å². The maximum Gasteiger partial charge on any atom is 0.326 e. The van der Waals surface area contributed by atoms with Gasteiger partial charge in [-0.1, -0.05) is 0 Å². The Kier molecular flexibility index (Phi) is 9.03. The number of nitrogens with one attached hydrogen (secondary N) is 2. The SMILES string of the molecule is CNCCCC(=O)N[C@@H](CCSC)C(=O)O. The fourth-order valence-corrected chi connectivity index (χ4v) is 1.66. The first-order valence-electron chi connectivity index (χ1n) is 5.27. The molecule has 0 aromatic heterocycles. The van der Waals surface area contributed by atoms with Crippen LogP contribution < -0.4 is 10.6 Å². The van der Waals surface area contributed by atoms with Gasteiger partial charge < -0.3 is 15.7 Å². The van der Waals surface area contributed by atoms with Crippen LogP contribution in [0.25, 0.3) is 0 Å². The number of hydrogen-bond donors (Lipinski definition) is 3. The zero-order valence-electron chi connectivity index (χ0n) is 9.78. The van der Waals surface area contributed by atoms with Crippen molar-refractivity contribution in [1.82, 2.24) is 10.6 Å². The molecular weight excluding hydrogens is 228 g/mol. The smallest absolute Gasteiger partial charge is 0.326 e. The molecule has 0 aromatic rings. The molecule has 0 radical (unpaired) electrons. The van der Waals surface area contributed by atoms with Gasteiger partial charge in [0.1, 0.15) is 6.04 Å². The predicted octanol–water partition coefficient (Wildman–Crippen LogP) is 0.308. The van der Waals surface area contributed by atoms with Gasteiger partial charge in [0.05, 0.1) is 0 Å². The minimum absolute atomic E-state index is 0.191. The molecule has 0 rings (SSSR count). The number of amides is 1. The Morgan fingerprint density at radius 3 is 2.62 bits per heavy atom. The lowest BCUT2D eigenvalue weighted by Crippen LogP contribution is -2.41. The van der Waals surface area contributed by atoms with Crippen molar-refractivity contribution in [3.05, 3.63) is 0 Å². The highest BCUT2D eigenvalue weighted by Gasteiger charge is 2.18. The molecule has 16 heavy (non-hydrogen) atoms. The molecule has 0 heterocycles. The molecule has 0 bridgehead atoms. The summed E-state index contributed by atoms with van der Waals surface area (Å²) >= 11 is 1.57. The van der Waals surface area contributed by atoms with Crippen LogP contribution in [0.3, 0.4) is 0 Å². The molecule has 0 saturated carbocycles. The number of carbonyl (C=O) groups excluding carboxylic acids is 1. The molecule has 0 aliphatic carbocycles. The third-order valence-electron chi connectivity index (χ3n) is 2.07. The lowest BCUT2D eigenvalue weighted by molar-refractivity contribution is -0.141. The van der Waals surface area contributed by atoms with E-state index in [1.54, 1.807) is 11.8 Å². The molecule has 6 heteroatoms. The van der Waals surface area contributed by atoms with Crippen molar-refractivity contribution < 1.29 is 14.7 Å². The second-order valence-electron chi connectivity index (χ2n) is 3.45. The van der Waals surface area contributed by atoms with E-state index in [0.29, 0.717) is 12.8 Å². The van der Waals surface area contributed by atoms with Crippen LogP contribution in [0.15, 0.2) is 0 Å². The third-order valence-corrected chi connectivity index (χ3v) is 2.72. The van der Waals surface area contributed by atoms with Gasteiger partial charge in [0.2, 0.25) is 5.91 Å². The Labute approximate surface area is 100 Å². The van der Waals surface area contributed by atoms with E-state index in [0.717, 1.165) is 18.7 Å². The maximum absolute atomic E-state index is 11.4. The quantitative estimate of drug-likeness (QED) is 0.512. The van der Waals surface area contributed by atoms with Crippen molar-refractivity contribution in [3.8, 4) is 0 Å². The molecule has 94 valence electrons. The largest absolute Gasteiger partial charge is 0.480 e. The van der Waals surface area contributed by atoms with Crippen molar-refractivity contribution in [2.45, 2.75) is 25.3 Å². The van der Waals surface area contributed by atoms with Crippen LogP contribution >= 0.6 is 11.8 Å². The van der Waals surface area contributed by atoms with Gasteiger partial charge in [-0.05, 0) is 38.4 Å². The minimum Gasteiger partial charge on any atom is -0.480 e. The zero-order chi connectivity index (χ0) is 12.4. The van der Waals surface area contributed by atoms with E-state index in [1.165, 1.54) is 0 Å². The molecular formula is C10H20N2O3S. The summed E-state index contributed by atoms with van der Waals surface area (Å²) in [6.45, 7) is 0.760. The van der Waals surface area contributed by atoms with E-state index in [-0.39, 0.29) is 5.91 Å². The summed E-state index contributed by atoms with van der Waals surface area (Å²) in [6, 6.07) is -0.755. The standard InChI is InChI=1S/C10H20N2O3S/c1-11-6-3-4-9(13)12-8(10(14)15)5-7-16-2/h8,11H,3-7H2,1-2H3,(H,12,13)(H,14,15)/t8-/m0/s1. The van der Waals surface area contributed by atoms with Crippen LogP contribution in [0.4, 0.5) is 0 Å². The highest BCUT2D eigenvalue weighted by atomic mass is 32.2. The van der Waals surface area contributed by atoms with Crippen LogP contribution in [0, 0.1) is 0 Å². The first-order valence-corrected chi connectivity index (χ1v) is 6.67. The summed E-state index contributed by atoms with van der Waals surface area (Å²) in [5.74, 6) is -0.423. The molecule has 0 aliphatic rings. The number of rotatable bonds is 9. The fourth-order valence-electron chi connectivity index (χ4n) is 1.19. The van der Waals surface area contributed by atoms with Gasteiger partial charge in [-0.15, -0.1) is 0 Å². The maximum atomic E-state index is 11.4. The van der Waals surface area contributed by atoms with E-state index in [4.69, 9.17) is 5.11 Å². The van der Waals surface area contributed by atoms with Crippen molar-refractivity contribution in [3.63, 3.8) is 0 Å². The van der Waals surface area contributed by atoms with Gasteiger partial charge in [0.25, 0.3) is 0 Å². The molecule has 1 amide bonds. The van der Waals surface area contributed by atoms with Crippen LogP contribution in [-0.2, 0) is 9.59 Å². The number of thioether (sulfide) groups is 1. The van der Waals surface area contributed by atoms with Crippen LogP contribution in [0.2, 0.25) is 0 Å². The topological polar surface area (TPSA) is 78.4 Å². The molecule has 0 aromatic carbocycles. The number of carbonyl (C=O) groups is 2. The number of aliphatic carboxylic acids is 1. The molecule has 0 aliphatic heterocycles. The highest BCUT2D eigenvalue weighted by molar-refractivity contribution is 7.98. The molecule has 1 atom stereocenters. The van der Waals surface area contributed by atoms with Crippen LogP contribution in [-0.4, -0.2) is 48.6 Å². The van der Waals surface area contributed by atoms with Gasteiger partial charge in [-0.3, -0.25) is 4.79 Å². The van der Waals surface area contributed by atoms with Gasteiger partial charge >= 0.3 is 5.97 Å². The monoisotopic (exact) mass is 248 g/mol. The van der Waals surface area contributed by atoms with E-state index < -0.39 is 12.0 Å². The summed E-state index contributed by atoms with van der Waals surface area (Å²) in [4.78, 5) is 22.2. The van der Waals surface area contributed by atoms with Crippen LogP contribution in [0.5, 0.6) is 0 Å². The molecule has 0 unspecified atom stereocenters. The van der Waals surface area contributed by atoms with E-state index in [2.05, 4.69) is 10.6 Å². The first kappa shape index (κ1) is 15.2. The summed E-state index contributed by atoms with van der Waals surface area (Å²) in [5, 5.41) is 14.3. The minimum atomic E-state index is -0.962. The normalized spacial score (nSPS) is 12.1. The molecule has 0 spiro atoms. The molecule has 5 nitrogen and oxygen atoms in total. The van der Waals surface area contributed by atoms with Crippen molar-refractivity contribution in [2.24, 2.45) is 0 Å². The third kappa shape index (κ3) is 7.53. The molecule has 0 saturated heterocycles. The Morgan fingerprint density at radius 1 is 1.44 bits per heavy atom. The number of carboxylic acid groups (broad SMARTS) is 1. The average Bonchev–Trinajstić information content (AvgIpc) is 2.24. The van der Waals surface area contributed by atoms with Crippen molar-refractivity contribution in [2.75, 3.05) is 25.6 Å². The highest BCUT2D eigenvalue weighted by Crippen LogP contribution is 2.01. The van der Waals surface area contributed by atoms with Gasteiger partial charge in [-0.2, -0.15) is 11.8 Å². The molecule has 0 fully saturated rings. The van der Waals surface area contributed by atoms with E-state index in [9.17, 15) is 9.59 Å². The lowest BCUT2D eigenvalue weighted by Gasteiger charge is -2.13. The summed E-state index contributed by atoms with van der Waals surface area (Å²) < 4.78 is 0. The summed E-state index contributed by atoms with van der Waals surface area (Å²) in [5.41, 5.74) is 0.